The Morgan fingerprint density at radius 2 is 1.67 bits per heavy atom. The zero-order chi connectivity index (χ0) is 17.7. The molecule has 0 aliphatic heterocycles. The van der Waals surface area contributed by atoms with Gasteiger partial charge in [-0.25, -0.2) is 0 Å². The molecule has 2 amide bonds. The number of benzene rings is 2. The van der Waals surface area contributed by atoms with Crippen molar-refractivity contribution < 1.29 is 14.3 Å². The second-order valence-corrected chi connectivity index (χ2v) is 6.02. The predicted molar refractivity (Wildman–Crippen MR) is 93.8 cm³/mol. The number of ether oxygens (including phenoxy) is 1. The molecule has 0 heterocycles. The molecule has 0 saturated heterocycles. The van der Waals surface area contributed by atoms with Crippen molar-refractivity contribution in [1.82, 2.24) is 10.9 Å². The van der Waals surface area contributed by atoms with Crippen LogP contribution in [0.2, 0.25) is 15.1 Å². The molecular weight excluding hydrogens is 375 g/mol. The third kappa shape index (κ3) is 4.77. The molecule has 5 nitrogen and oxygen atoms in total. The summed E-state index contributed by atoms with van der Waals surface area (Å²) in [4.78, 5) is 23.7. The van der Waals surface area contributed by atoms with Crippen molar-refractivity contribution in [2.24, 2.45) is 0 Å². The minimum absolute atomic E-state index is 0.214. The highest BCUT2D eigenvalue weighted by Crippen LogP contribution is 2.33. The molecule has 126 valence electrons. The highest BCUT2D eigenvalue weighted by Gasteiger charge is 2.12. The smallest absolute Gasteiger partial charge is 0.276 e. The predicted octanol–water partition coefficient (Wildman–Crippen LogP) is 3.80. The van der Waals surface area contributed by atoms with E-state index < -0.39 is 11.8 Å². The van der Waals surface area contributed by atoms with E-state index in [-0.39, 0.29) is 27.4 Å². The van der Waals surface area contributed by atoms with Crippen LogP contribution in [0, 0.1) is 6.92 Å². The molecular formula is C16H13Cl3N2O3. The SMILES string of the molecule is Cc1ccccc1C(=O)NNC(=O)COc1cc(Cl)c(Cl)cc1Cl. The Balaban J connectivity index is 1.87. The van der Waals surface area contributed by atoms with Crippen LogP contribution in [-0.2, 0) is 4.79 Å². The molecule has 0 fully saturated rings. The van der Waals surface area contributed by atoms with Crippen molar-refractivity contribution in [3.05, 3.63) is 62.6 Å². The van der Waals surface area contributed by atoms with E-state index in [1.807, 2.05) is 6.07 Å². The number of halogens is 3. The first-order chi connectivity index (χ1) is 11.4. The summed E-state index contributed by atoms with van der Waals surface area (Å²) in [5.74, 6) is -0.764. The van der Waals surface area contributed by atoms with E-state index in [1.165, 1.54) is 12.1 Å². The lowest BCUT2D eigenvalue weighted by Crippen LogP contribution is -2.44. The van der Waals surface area contributed by atoms with Crippen LogP contribution in [0.1, 0.15) is 15.9 Å². The van der Waals surface area contributed by atoms with Gasteiger partial charge >= 0.3 is 0 Å². The van der Waals surface area contributed by atoms with Crippen LogP contribution in [0.3, 0.4) is 0 Å². The van der Waals surface area contributed by atoms with Gasteiger partial charge in [0.25, 0.3) is 11.8 Å². The van der Waals surface area contributed by atoms with Crippen LogP contribution in [0.25, 0.3) is 0 Å². The Hall–Kier alpha value is -1.95. The normalized spacial score (nSPS) is 10.2. The van der Waals surface area contributed by atoms with Crippen molar-refractivity contribution >= 4 is 46.6 Å². The number of aryl methyl sites for hydroxylation is 1. The fourth-order valence-corrected chi connectivity index (χ4v) is 2.41. The highest BCUT2D eigenvalue weighted by molar-refractivity contribution is 6.43. The van der Waals surface area contributed by atoms with Gasteiger partial charge in [-0.05, 0) is 24.6 Å². The third-order valence-electron chi connectivity index (χ3n) is 3.04. The summed E-state index contributed by atoms with van der Waals surface area (Å²) >= 11 is 17.6. The van der Waals surface area contributed by atoms with Gasteiger partial charge in [0.05, 0.1) is 15.1 Å². The zero-order valence-electron chi connectivity index (χ0n) is 12.5. The van der Waals surface area contributed by atoms with E-state index in [4.69, 9.17) is 39.5 Å². The lowest BCUT2D eigenvalue weighted by atomic mass is 10.1. The Labute approximate surface area is 153 Å². The number of carbonyl (C=O) groups is 2. The van der Waals surface area contributed by atoms with Crippen LogP contribution < -0.4 is 15.6 Å². The number of hydrazine groups is 1. The van der Waals surface area contributed by atoms with Gasteiger partial charge in [-0.3, -0.25) is 20.4 Å². The van der Waals surface area contributed by atoms with E-state index in [1.54, 1.807) is 25.1 Å². The van der Waals surface area contributed by atoms with Gasteiger partial charge in [-0.1, -0.05) is 53.0 Å². The Kier molecular flexibility index (Phi) is 6.31. The first-order valence-electron chi connectivity index (χ1n) is 6.80. The molecule has 24 heavy (non-hydrogen) atoms. The first kappa shape index (κ1) is 18.4. The molecule has 0 radical (unpaired) electrons. The van der Waals surface area contributed by atoms with Gasteiger partial charge in [0.1, 0.15) is 5.75 Å². The summed E-state index contributed by atoms with van der Waals surface area (Å²) in [6.07, 6.45) is 0. The molecule has 0 atom stereocenters. The maximum atomic E-state index is 12.0. The lowest BCUT2D eigenvalue weighted by Gasteiger charge is -2.11. The highest BCUT2D eigenvalue weighted by atomic mass is 35.5. The van der Waals surface area contributed by atoms with Crippen LogP contribution in [-0.4, -0.2) is 18.4 Å². The summed E-state index contributed by atoms with van der Waals surface area (Å²) in [7, 11) is 0. The van der Waals surface area contributed by atoms with E-state index in [9.17, 15) is 9.59 Å². The fourth-order valence-electron chi connectivity index (χ4n) is 1.82. The molecule has 0 aromatic heterocycles. The first-order valence-corrected chi connectivity index (χ1v) is 7.94. The second-order valence-electron chi connectivity index (χ2n) is 4.80. The van der Waals surface area contributed by atoms with Crippen molar-refractivity contribution in [2.75, 3.05) is 6.61 Å². The summed E-state index contributed by atoms with van der Waals surface area (Å²) in [6, 6.07) is 9.83. The number of carbonyl (C=O) groups excluding carboxylic acids is 2. The average molecular weight is 388 g/mol. The lowest BCUT2D eigenvalue weighted by molar-refractivity contribution is -0.123. The summed E-state index contributed by atoms with van der Waals surface area (Å²) in [6.45, 7) is 1.44. The molecule has 8 heteroatoms. The van der Waals surface area contributed by atoms with E-state index in [2.05, 4.69) is 10.9 Å². The molecule has 0 aliphatic carbocycles. The molecule has 0 unspecified atom stereocenters. The minimum Gasteiger partial charge on any atom is -0.482 e. The Bertz CT molecular complexity index is 781. The monoisotopic (exact) mass is 386 g/mol. The number of nitrogens with one attached hydrogen (secondary N) is 2. The van der Waals surface area contributed by atoms with Crippen molar-refractivity contribution in [1.29, 1.82) is 0 Å². The fraction of sp³-hybridized carbons (Fsp3) is 0.125. The molecule has 0 saturated carbocycles. The molecule has 0 aliphatic rings. The molecule has 2 aromatic rings. The molecule has 0 bridgehead atoms. The van der Waals surface area contributed by atoms with Crippen molar-refractivity contribution in [2.45, 2.75) is 6.92 Å². The van der Waals surface area contributed by atoms with Gasteiger partial charge in [-0.2, -0.15) is 0 Å². The van der Waals surface area contributed by atoms with E-state index in [0.717, 1.165) is 5.56 Å². The Morgan fingerprint density at radius 1 is 1.00 bits per heavy atom. The average Bonchev–Trinajstić information content (AvgIpc) is 2.55. The van der Waals surface area contributed by atoms with Crippen LogP contribution in [0.4, 0.5) is 0 Å². The number of hydrogen-bond acceptors (Lipinski definition) is 3. The number of hydrogen-bond donors (Lipinski definition) is 2. The van der Waals surface area contributed by atoms with Gasteiger partial charge in [0, 0.05) is 11.6 Å². The standard InChI is InChI=1S/C16H13Cl3N2O3/c1-9-4-2-3-5-10(9)16(23)21-20-15(22)8-24-14-7-12(18)11(17)6-13(14)19/h2-7H,8H2,1H3,(H,20,22)(H,21,23). The van der Waals surface area contributed by atoms with Crippen molar-refractivity contribution in [3.8, 4) is 5.75 Å². The van der Waals surface area contributed by atoms with Crippen LogP contribution >= 0.6 is 34.8 Å². The summed E-state index contributed by atoms with van der Waals surface area (Å²) in [5, 5.41) is 0.759. The van der Waals surface area contributed by atoms with E-state index >= 15 is 0 Å². The maximum absolute atomic E-state index is 12.0. The summed E-state index contributed by atoms with van der Waals surface area (Å²) < 4.78 is 5.26. The largest absolute Gasteiger partial charge is 0.482 e. The maximum Gasteiger partial charge on any atom is 0.276 e. The summed E-state index contributed by atoms with van der Waals surface area (Å²) in [5.41, 5.74) is 5.83. The van der Waals surface area contributed by atoms with Crippen LogP contribution in [0.15, 0.2) is 36.4 Å². The second kappa shape index (κ2) is 8.24. The van der Waals surface area contributed by atoms with Gasteiger partial charge in [0.2, 0.25) is 0 Å². The molecule has 0 spiro atoms. The number of amides is 2. The van der Waals surface area contributed by atoms with Gasteiger partial charge < -0.3 is 4.74 Å². The quantitative estimate of drug-likeness (QED) is 0.619. The minimum atomic E-state index is -0.556. The van der Waals surface area contributed by atoms with E-state index in [0.29, 0.717) is 5.56 Å². The van der Waals surface area contributed by atoms with Crippen molar-refractivity contribution in [3.63, 3.8) is 0 Å². The molecule has 2 aromatic carbocycles. The Morgan fingerprint density at radius 3 is 2.38 bits per heavy atom. The molecule has 2 rings (SSSR count). The van der Waals surface area contributed by atoms with Crippen LogP contribution in [0.5, 0.6) is 5.75 Å². The number of rotatable bonds is 4. The molecule has 2 N–H and O–H groups in total. The van der Waals surface area contributed by atoms with Gasteiger partial charge in [0.15, 0.2) is 6.61 Å². The zero-order valence-corrected chi connectivity index (χ0v) is 14.8. The topological polar surface area (TPSA) is 67.4 Å². The van der Waals surface area contributed by atoms with Gasteiger partial charge in [-0.15, -0.1) is 0 Å². The third-order valence-corrected chi connectivity index (χ3v) is 4.06.